The number of imidazole rings is 1. The van der Waals surface area contributed by atoms with Crippen molar-refractivity contribution in [2.45, 2.75) is 0 Å². The number of furan rings is 1. The molecule has 4 aromatic rings. The van der Waals surface area contributed by atoms with Gasteiger partial charge in [0.05, 0.1) is 9.90 Å². The van der Waals surface area contributed by atoms with Gasteiger partial charge in [0.2, 0.25) is 0 Å². The van der Waals surface area contributed by atoms with E-state index >= 15 is 0 Å². The van der Waals surface area contributed by atoms with Gasteiger partial charge in [-0.15, -0.1) is 0 Å². The summed E-state index contributed by atoms with van der Waals surface area (Å²) < 4.78 is 9.03. The molecule has 0 aliphatic carbocycles. The molecule has 92 valence electrons. The van der Waals surface area contributed by atoms with E-state index in [1.807, 2.05) is 29.0 Å². The molecule has 2 heterocycles. The van der Waals surface area contributed by atoms with Crippen molar-refractivity contribution in [1.82, 2.24) is 9.55 Å². The van der Waals surface area contributed by atoms with Crippen LogP contribution in [0.25, 0.3) is 27.6 Å². The second kappa shape index (κ2) is 4.09. The van der Waals surface area contributed by atoms with Gasteiger partial charge < -0.3 is 8.98 Å². The molecule has 0 amide bonds. The minimum atomic E-state index is 0.929. The van der Waals surface area contributed by atoms with Crippen molar-refractivity contribution in [3.05, 3.63) is 58.7 Å². The Labute approximate surface area is 123 Å². The maximum atomic E-state index is 5.92. The van der Waals surface area contributed by atoms with Gasteiger partial charge >= 0.3 is 0 Å². The van der Waals surface area contributed by atoms with Crippen LogP contribution < -0.4 is 0 Å². The molecule has 0 N–H and O–H groups in total. The van der Waals surface area contributed by atoms with E-state index in [0.29, 0.717) is 0 Å². The quantitative estimate of drug-likeness (QED) is 0.472. The molecule has 0 unspecified atom stereocenters. The predicted octanol–water partition coefficient (Wildman–Crippen LogP) is 4.38. The van der Waals surface area contributed by atoms with Crippen LogP contribution >= 0.6 is 22.6 Å². The van der Waals surface area contributed by atoms with Crippen molar-refractivity contribution in [1.29, 1.82) is 0 Å². The molecular weight excluding hydrogens is 351 g/mol. The highest BCUT2D eigenvalue weighted by Crippen LogP contribution is 2.33. The zero-order valence-corrected chi connectivity index (χ0v) is 12.0. The van der Waals surface area contributed by atoms with Crippen molar-refractivity contribution in [3.8, 4) is 5.69 Å². The fourth-order valence-electron chi connectivity index (χ4n) is 2.33. The van der Waals surface area contributed by atoms with Crippen LogP contribution in [0.3, 0.4) is 0 Å². The van der Waals surface area contributed by atoms with Crippen LogP contribution in [0.15, 0.2) is 59.5 Å². The Balaban J connectivity index is 2.12. The average Bonchev–Trinajstić information content (AvgIpc) is 3.06. The molecule has 4 rings (SSSR count). The molecule has 0 saturated heterocycles. The van der Waals surface area contributed by atoms with Gasteiger partial charge in [-0.2, -0.15) is 0 Å². The smallest absolute Gasteiger partial charge is 0.148 e. The van der Waals surface area contributed by atoms with Crippen LogP contribution in [0.4, 0.5) is 0 Å². The number of rotatable bonds is 1. The van der Waals surface area contributed by atoms with Gasteiger partial charge in [-0.25, -0.2) is 4.98 Å². The molecule has 0 fully saturated rings. The highest BCUT2D eigenvalue weighted by atomic mass is 127. The molecule has 0 atom stereocenters. The predicted molar refractivity (Wildman–Crippen MR) is 83.6 cm³/mol. The van der Waals surface area contributed by atoms with Crippen molar-refractivity contribution in [3.63, 3.8) is 0 Å². The summed E-state index contributed by atoms with van der Waals surface area (Å²) in [6.07, 6.45) is 5.53. The van der Waals surface area contributed by atoms with Crippen molar-refractivity contribution in [2.75, 3.05) is 0 Å². The lowest BCUT2D eigenvalue weighted by atomic mass is 10.1. The lowest BCUT2D eigenvalue weighted by Crippen LogP contribution is -1.90. The average molecular weight is 360 g/mol. The minimum Gasteiger partial charge on any atom is -0.455 e. The molecule has 3 nitrogen and oxygen atoms in total. The number of nitrogens with zero attached hydrogens (tertiary/aromatic N) is 2. The van der Waals surface area contributed by atoms with E-state index in [2.05, 4.69) is 45.8 Å². The first kappa shape index (κ1) is 11.0. The van der Waals surface area contributed by atoms with Crippen molar-refractivity contribution < 1.29 is 4.42 Å². The van der Waals surface area contributed by atoms with E-state index in [0.717, 1.165) is 31.2 Å². The highest BCUT2D eigenvalue weighted by molar-refractivity contribution is 14.1. The molecule has 0 aliphatic rings. The fraction of sp³-hybridized carbons (Fsp3) is 0. The molecule has 0 aliphatic heterocycles. The lowest BCUT2D eigenvalue weighted by molar-refractivity contribution is 0.666. The van der Waals surface area contributed by atoms with Crippen LogP contribution in [0, 0.1) is 3.57 Å². The molecule has 2 aromatic heterocycles. The lowest BCUT2D eigenvalue weighted by Gasteiger charge is -2.03. The van der Waals surface area contributed by atoms with Crippen LogP contribution in [-0.4, -0.2) is 9.55 Å². The van der Waals surface area contributed by atoms with Gasteiger partial charge in [0.15, 0.2) is 0 Å². The zero-order valence-electron chi connectivity index (χ0n) is 9.88. The van der Waals surface area contributed by atoms with Gasteiger partial charge in [-0.3, -0.25) is 0 Å². The standard InChI is InChI=1S/C15H9IN2O/c16-13-8-10(18-6-5-17-9-18)7-12-11-3-1-2-4-14(11)19-15(12)13/h1-9H. The maximum Gasteiger partial charge on any atom is 0.148 e. The normalized spacial score (nSPS) is 11.4. The summed E-state index contributed by atoms with van der Waals surface area (Å²) in [6.45, 7) is 0. The Hall–Kier alpha value is -1.82. The summed E-state index contributed by atoms with van der Waals surface area (Å²) in [5.41, 5.74) is 2.98. The summed E-state index contributed by atoms with van der Waals surface area (Å²) in [6, 6.07) is 12.4. The van der Waals surface area contributed by atoms with Crippen LogP contribution in [-0.2, 0) is 0 Å². The second-order valence-corrected chi connectivity index (χ2v) is 5.53. The van der Waals surface area contributed by atoms with Gasteiger partial charge in [0.25, 0.3) is 0 Å². The molecule has 19 heavy (non-hydrogen) atoms. The number of fused-ring (bicyclic) bond motifs is 3. The Kier molecular flexibility index (Phi) is 2.38. The Morgan fingerprint density at radius 2 is 2.00 bits per heavy atom. The third-order valence-electron chi connectivity index (χ3n) is 3.22. The molecule has 0 saturated carbocycles. The van der Waals surface area contributed by atoms with Gasteiger partial charge in [0, 0.05) is 28.9 Å². The van der Waals surface area contributed by atoms with E-state index in [4.69, 9.17) is 4.42 Å². The number of para-hydroxylation sites is 1. The van der Waals surface area contributed by atoms with Crippen molar-refractivity contribution in [2.24, 2.45) is 0 Å². The maximum absolute atomic E-state index is 5.92. The first-order valence-corrected chi connectivity index (χ1v) is 7.00. The number of halogens is 1. The molecular formula is C15H9IN2O. The number of hydrogen-bond donors (Lipinski definition) is 0. The summed E-state index contributed by atoms with van der Waals surface area (Å²) >= 11 is 2.32. The van der Waals surface area contributed by atoms with Gasteiger partial charge in [-0.1, -0.05) is 18.2 Å². The third-order valence-corrected chi connectivity index (χ3v) is 4.02. The van der Waals surface area contributed by atoms with E-state index in [9.17, 15) is 0 Å². The summed E-state index contributed by atoms with van der Waals surface area (Å²) in [4.78, 5) is 4.10. The third kappa shape index (κ3) is 1.67. The monoisotopic (exact) mass is 360 g/mol. The van der Waals surface area contributed by atoms with E-state index in [-0.39, 0.29) is 0 Å². The number of aromatic nitrogens is 2. The summed E-state index contributed by atoms with van der Waals surface area (Å²) in [5, 5.41) is 2.29. The van der Waals surface area contributed by atoms with Crippen LogP contribution in [0.1, 0.15) is 0 Å². The molecule has 2 aromatic carbocycles. The second-order valence-electron chi connectivity index (χ2n) is 4.37. The molecule has 0 bridgehead atoms. The van der Waals surface area contributed by atoms with E-state index in [1.54, 1.807) is 12.5 Å². The van der Waals surface area contributed by atoms with E-state index < -0.39 is 0 Å². The fourth-order valence-corrected chi connectivity index (χ4v) is 3.05. The van der Waals surface area contributed by atoms with E-state index in [1.165, 1.54) is 0 Å². The largest absolute Gasteiger partial charge is 0.455 e. The molecule has 0 radical (unpaired) electrons. The van der Waals surface area contributed by atoms with Crippen LogP contribution in [0.5, 0.6) is 0 Å². The first-order valence-electron chi connectivity index (χ1n) is 5.92. The molecule has 4 heteroatoms. The highest BCUT2D eigenvalue weighted by Gasteiger charge is 2.11. The van der Waals surface area contributed by atoms with Gasteiger partial charge in [-0.05, 0) is 40.8 Å². The first-order chi connectivity index (χ1) is 9.33. The van der Waals surface area contributed by atoms with Gasteiger partial charge in [0.1, 0.15) is 11.2 Å². The Morgan fingerprint density at radius 1 is 1.11 bits per heavy atom. The zero-order chi connectivity index (χ0) is 12.8. The molecule has 0 spiro atoms. The SMILES string of the molecule is Ic1cc(-n2ccnc2)cc2c1oc1ccccc12. The number of benzene rings is 2. The Morgan fingerprint density at radius 3 is 2.84 bits per heavy atom. The minimum absolute atomic E-state index is 0.929. The summed E-state index contributed by atoms with van der Waals surface area (Å²) in [7, 11) is 0. The number of hydrogen-bond acceptors (Lipinski definition) is 2. The summed E-state index contributed by atoms with van der Waals surface area (Å²) in [5.74, 6) is 0. The van der Waals surface area contributed by atoms with Crippen molar-refractivity contribution >= 4 is 44.5 Å². The topological polar surface area (TPSA) is 31.0 Å². The Bertz CT molecular complexity index is 878. The van der Waals surface area contributed by atoms with Crippen LogP contribution in [0.2, 0.25) is 0 Å².